The summed E-state index contributed by atoms with van der Waals surface area (Å²) in [6.07, 6.45) is 0. The summed E-state index contributed by atoms with van der Waals surface area (Å²) in [7, 11) is 1.50. The molecule has 0 bridgehead atoms. The second kappa shape index (κ2) is 6.20. The number of hydrogen-bond acceptors (Lipinski definition) is 4. The number of hydrogen-bond donors (Lipinski definition) is 3. The van der Waals surface area contributed by atoms with Gasteiger partial charge in [-0.3, -0.25) is 9.69 Å². The van der Waals surface area contributed by atoms with Gasteiger partial charge < -0.3 is 20.5 Å². The van der Waals surface area contributed by atoms with E-state index in [4.69, 9.17) is 9.84 Å². The zero-order chi connectivity index (χ0) is 13.7. The van der Waals surface area contributed by atoms with Crippen molar-refractivity contribution in [2.45, 2.75) is 19.0 Å². The van der Waals surface area contributed by atoms with Crippen LogP contribution in [-0.4, -0.2) is 66.8 Å². The van der Waals surface area contributed by atoms with Crippen molar-refractivity contribution in [3.05, 3.63) is 0 Å². The van der Waals surface area contributed by atoms with Crippen molar-refractivity contribution in [3.8, 4) is 0 Å². The van der Waals surface area contributed by atoms with Crippen LogP contribution in [0.2, 0.25) is 0 Å². The molecule has 2 atom stereocenters. The molecule has 0 aromatic rings. The second-order valence-corrected chi connectivity index (χ2v) is 4.09. The number of urea groups is 1. The molecule has 2 unspecified atom stereocenters. The number of ether oxygens (including phenoxy) is 1. The Morgan fingerprint density at radius 2 is 2.33 bits per heavy atom. The molecule has 8 heteroatoms. The highest BCUT2D eigenvalue weighted by molar-refractivity contribution is 5.90. The second-order valence-electron chi connectivity index (χ2n) is 4.09. The Labute approximate surface area is 104 Å². The quantitative estimate of drug-likeness (QED) is 0.576. The summed E-state index contributed by atoms with van der Waals surface area (Å²) in [4.78, 5) is 35.1. The fourth-order valence-corrected chi connectivity index (χ4v) is 1.66. The van der Waals surface area contributed by atoms with Crippen LogP contribution in [0.1, 0.15) is 6.92 Å². The first-order valence-electron chi connectivity index (χ1n) is 5.51. The predicted octanol–water partition coefficient (Wildman–Crippen LogP) is -1.38. The number of rotatable bonds is 4. The van der Waals surface area contributed by atoms with Gasteiger partial charge in [-0.25, -0.2) is 9.59 Å². The molecule has 3 amide bonds. The number of piperazine rings is 1. The maximum absolute atomic E-state index is 11.9. The lowest BCUT2D eigenvalue weighted by molar-refractivity contribution is -0.144. The summed E-state index contributed by atoms with van der Waals surface area (Å²) in [6.45, 7) is 1.69. The zero-order valence-corrected chi connectivity index (χ0v) is 10.3. The summed E-state index contributed by atoms with van der Waals surface area (Å²) >= 11 is 0. The number of aliphatic carboxylic acids is 1. The fraction of sp³-hybridized carbons (Fsp3) is 0.700. The Morgan fingerprint density at radius 1 is 1.67 bits per heavy atom. The van der Waals surface area contributed by atoms with E-state index in [0.717, 1.165) is 4.90 Å². The van der Waals surface area contributed by atoms with Gasteiger partial charge in [0.15, 0.2) is 0 Å². The molecule has 0 aliphatic carbocycles. The van der Waals surface area contributed by atoms with Gasteiger partial charge in [0.25, 0.3) is 0 Å². The molecule has 0 saturated carbocycles. The number of carboxylic acids is 1. The van der Waals surface area contributed by atoms with Gasteiger partial charge in [-0.2, -0.15) is 0 Å². The van der Waals surface area contributed by atoms with Crippen LogP contribution in [0.5, 0.6) is 0 Å². The maximum Gasteiger partial charge on any atom is 0.328 e. The lowest BCUT2D eigenvalue weighted by Crippen LogP contribution is -2.62. The minimum atomic E-state index is -1.15. The maximum atomic E-state index is 11.9. The summed E-state index contributed by atoms with van der Waals surface area (Å²) in [6, 6.07) is -1.89. The molecule has 0 spiro atoms. The molecule has 0 radical (unpaired) electrons. The van der Waals surface area contributed by atoms with Gasteiger partial charge in [0.2, 0.25) is 5.91 Å². The van der Waals surface area contributed by atoms with Crippen molar-refractivity contribution in [2.24, 2.45) is 0 Å². The molecule has 0 aromatic carbocycles. The number of methoxy groups -OCH3 is 1. The molecule has 0 aromatic heterocycles. The number of nitrogens with zero attached hydrogens (tertiary/aromatic N) is 1. The highest BCUT2D eigenvalue weighted by Crippen LogP contribution is 2.05. The Hall–Kier alpha value is -1.83. The molecular weight excluding hydrogens is 242 g/mol. The number of carbonyl (C=O) groups is 3. The zero-order valence-electron chi connectivity index (χ0n) is 10.3. The van der Waals surface area contributed by atoms with Crippen LogP contribution in [0, 0.1) is 0 Å². The minimum Gasteiger partial charge on any atom is -0.480 e. The largest absolute Gasteiger partial charge is 0.480 e. The third-order valence-corrected chi connectivity index (χ3v) is 2.52. The van der Waals surface area contributed by atoms with Gasteiger partial charge >= 0.3 is 12.0 Å². The lowest BCUT2D eigenvalue weighted by Gasteiger charge is -2.33. The summed E-state index contributed by atoms with van der Waals surface area (Å²) in [5.74, 6) is -1.52. The van der Waals surface area contributed by atoms with E-state index in [-0.39, 0.29) is 25.0 Å². The first kappa shape index (κ1) is 14.2. The monoisotopic (exact) mass is 259 g/mol. The van der Waals surface area contributed by atoms with Crippen LogP contribution in [0.25, 0.3) is 0 Å². The van der Waals surface area contributed by atoms with Crippen LogP contribution >= 0.6 is 0 Å². The lowest BCUT2D eigenvalue weighted by atomic mass is 10.2. The molecule has 1 heterocycles. The number of carbonyl (C=O) groups excluding carboxylic acids is 2. The Bertz CT molecular complexity index is 346. The summed E-state index contributed by atoms with van der Waals surface area (Å²) in [5, 5.41) is 14.0. The topological polar surface area (TPSA) is 108 Å². The van der Waals surface area contributed by atoms with Crippen LogP contribution in [-0.2, 0) is 14.3 Å². The van der Waals surface area contributed by atoms with E-state index in [1.54, 1.807) is 6.92 Å². The van der Waals surface area contributed by atoms with Crippen LogP contribution in [0.3, 0.4) is 0 Å². The Kier molecular flexibility index (Phi) is 4.90. The van der Waals surface area contributed by atoms with E-state index in [2.05, 4.69) is 10.6 Å². The van der Waals surface area contributed by atoms with Crippen molar-refractivity contribution < 1.29 is 24.2 Å². The molecule has 3 N–H and O–H groups in total. The van der Waals surface area contributed by atoms with Crippen LogP contribution in [0.15, 0.2) is 0 Å². The SMILES string of the molecule is COCC(C)NC(=O)N1CC(=O)NCC1C(=O)O. The highest BCUT2D eigenvalue weighted by Gasteiger charge is 2.35. The Morgan fingerprint density at radius 3 is 2.89 bits per heavy atom. The first-order valence-corrected chi connectivity index (χ1v) is 5.51. The minimum absolute atomic E-state index is 0.0831. The summed E-state index contributed by atoms with van der Waals surface area (Å²) in [5.41, 5.74) is 0. The molecule has 18 heavy (non-hydrogen) atoms. The molecule has 1 saturated heterocycles. The average Bonchev–Trinajstić information content (AvgIpc) is 2.28. The van der Waals surface area contributed by atoms with E-state index in [1.165, 1.54) is 7.11 Å². The normalized spacial score (nSPS) is 21.1. The molecule has 102 valence electrons. The van der Waals surface area contributed by atoms with Crippen LogP contribution in [0.4, 0.5) is 4.79 Å². The molecule has 1 aliphatic rings. The standard InChI is InChI=1S/C10H17N3O5/c1-6(5-18-2)12-10(17)13-4-8(14)11-3-7(13)9(15)16/h6-7H,3-5H2,1-2H3,(H,11,14)(H,12,17)(H,15,16). The molecule has 1 fully saturated rings. The average molecular weight is 259 g/mol. The number of nitrogens with one attached hydrogen (secondary N) is 2. The van der Waals surface area contributed by atoms with Gasteiger partial charge in [-0.1, -0.05) is 0 Å². The predicted molar refractivity (Wildman–Crippen MR) is 61.0 cm³/mol. The molecular formula is C10H17N3O5. The fourth-order valence-electron chi connectivity index (χ4n) is 1.66. The Balaban J connectivity index is 2.66. The van der Waals surface area contributed by atoms with Gasteiger partial charge in [-0.05, 0) is 6.92 Å². The van der Waals surface area contributed by atoms with E-state index < -0.39 is 18.0 Å². The van der Waals surface area contributed by atoms with Crippen molar-refractivity contribution >= 4 is 17.9 Å². The third-order valence-electron chi connectivity index (χ3n) is 2.52. The van der Waals surface area contributed by atoms with Gasteiger partial charge in [-0.15, -0.1) is 0 Å². The molecule has 8 nitrogen and oxygen atoms in total. The highest BCUT2D eigenvalue weighted by atomic mass is 16.5. The van der Waals surface area contributed by atoms with Crippen molar-refractivity contribution in [2.75, 3.05) is 26.8 Å². The van der Waals surface area contributed by atoms with E-state index in [0.29, 0.717) is 6.61 Å². The van der Waals surface area contributed by atoms with Gasteiger partial charge in [0, 0.05) is 13.7 Å². The van der Waals surface area contributed by atoms with E-state index >= 15 is 0 Å². The van der Waals surface area contributed by atoms with Crippen molar-refractivity contribution in [1.82, 2.24) is 15.5 Å². The third kappa shape index (κ3) is 3.59. The van der Waals surface area contributed by atoms with E-state index in [9.17, 15) is 14.4 Å². The van der Waals surface area contributed by atoms with Gasteiger partial charge in [0.1, 0.15) is 12.6 Å². The van der Waals surface area contributed by atoms with Crippen molar-refractivity contribution in [1.29, 1.82) is 0 Å². The van der Waals surface area contributed by atoms with Crippen molar-refractivity contribution in [3.63, 3.8) is 0 Å². The molecule has 1 rings (SSSR count). The van der Waals surface area contributed by atoms with Gasteiger partial charge in [0.05, 0.1) is 12.6 Å². The van der Waals surface area contributed by atoms with E-state index in [1.807, 2.05) is 0 Å². The van der Waals surface area contributed by atoms with Crippen LogP contribution < -0.4 is 10.6 Å². The first-order chi connectivity index (χ1) is 8.45. The smallest absolute Gasteiger partial charge is 0.328 e. The number of carboxylic acid groups (broad SMARTS) is 1. The number of amides is 3. The summed E-state index contributed by atoms with van der Waals surface area (Å²) < 4.78 is 4.86. The molecule has 1 aliphatic heterocycles.